The summed E-state index contributed by atoms with van der Waals surface area (Å²) in [6.45, 7) is 6.10. The van der Waals surface area contributed by atoms with Gasteiger partial charge in [0, 0.05) is 18.2 Å². The van der Waals surface area contributed by atoms with Crippen molar-refractivity contribution in [3.8, 4) is 0 Å². The van der Waals surface area contributed by atoms with Gasteiger partial charge in [-0.2, -0.15) is 0 Å². The number of nitrogens with zero attached hydrogens (tertiary/aromatic N) is 2. The van der Waals surface area contributed by atoms with Crippen LogP contribution >= 0.6 is 0 Å². The van der Waals surface area contributed by atoms with E-state index in [1.165, 1.54) is 10.6 Å². The summed E-state index contributed by atoms with van der Waals surface area (Å²) in [4.78, 5) is 12.7. The third kappa shape index (κ3) is 3.46. The monoisotopic (exact) mass is 377 g/mol. The summed E-state index contributed by atoms with van der Waals surface area (Å²) in [5, 5.41) is 6.78. The highest BCUT2D eigenvalue weighted by Gasteiger charge is 2.25. The number of carbonyl (C=O) groups excluding carboxylic acids is 1. The van der Waals surface area contributed by atoms with Crippen LogP contribution in [0.1, 0.15) is 53.6 Å². The van der Waals surface area contributed by atoms with Crippen LogP contribution in [0.15, 0.2) is 22.7 Å². The molecule has 7 nitrogen and oxygen atoms in total. The molecule has 0 saturated carbocycles. The van der Waals surface area contributed by atoms with E-state index in [9.17, 15) is 13.2 Å². The third-order valence-electron chi connectivity index (χ3n) is 4.45. The van der Waals surface area contributed by atoms with Crippen LogP contribution in [0, 0.1) is 6.92 Å². The Labute approximate surface area is 153 Å². The average molecular weight is 377 g/mol. The Morgan fingerprint density at radius 3 is 2.73 bits per heavy atom. The fraction of sp³-hybridized carbons (Fsp3) is 0.444. The molecule has 0 atom stereocenters. The van der Waals surface area contributed by atoms with E-state index in [2.05, 4.69) is 10.5 Å². The minimum atomic E-state index is -3.31. The molecule has 1 N–H and O–H groups in total. The van der Waals surface area contributed by atoms with Gasteiger partial charge in [0.15, 0.2) is 5.76 Å². The zero-order chi connectivity index (χ0) is 19.1. The summed E-state index contributed by atoms with van der Waals surface area (Å²) in [6.07, 6.45) is 2.73. The molecule has 26 heavy (non-hydrogen) atoms. The van der Waals surface area contributed by atoms with Crippen molar-refractivity contribution in [1.82, 2.24) is 5.16 Å². The minimum absolute atomic E-state index is 0.0452. The molecular formula is C18H23N3O4S. The van der Waals surface area contributed by atoms with Crippen molar-refractivity contribution in [1.29, 1.82) is 0 Å². The van der Waals surface area contributed by atoms with Crippen molar-refractivity contribution >= 4 is 27.3 Å². The Hall–Kier alpha value is -2.35. The lowest BCUT2D eigenvalue weighted by atomic mass is 10.0. The number of amides is 1. The van der Waals surface area contributed by atoms with E-state index in [1.54, 1.807) is 19.1 Å². The summed E-state index contributed by atoms with van der Waals surface area (Å²) in [5.41, 5.74) is 3.22. The second-order valence-electron chi connectivity index (χ2n) is 6.90. The number of rotatable bonds is 4. The van der Waals surface area contributed by atoms with E-state index in [4.69, 9.17) is 4.52 Å². The largest absolute Gasteiger partial charge is 0.360 e. The number of aromatic nitrogens is 1. The summed E-state index contributed by atoms with van der Waals surface area (Å²) < 4.78 is 30.6. The zero-order valence-electron chi connectivity index (χ0n) is 15.4. The topological polar surface area (TPSA) is 92.5 Å². The minimum Gasteiger partial charge on any atom is -0.360 e. The molecule has 140 valence electrons. The molecule has 1 aliphatic heterocycles. The zero-order valence-corrected chi connectivity index (χ0v) is 16.2. The van der Waals surface area contributed by atoms with Crippen LogP contribution in [0.5, 0.6) is 0 Å². The maximum absolute atomic E-state index is 12.7. The van der Waals surface area contributed by atoms with Gasteiger partial charge in [0.2, 0.25) is 10.0 Å². The lowest BCUT2D eigenvalue weighted by Gasteiger charge is -2.29. The first-order chi connectivity index (χ1) is 12.2. The number of fused-ring (bicyclic) bond motifs is 1. The molecule has 0 radical (unpaired) electrons. The smallest absolute Gasteiger partial charge is 0.261 e. The van der Waals surface area contributed by atoms with Crippen LogP contribution in [0.3, 0.4) is 0 Å². The van der Waals surface area contributed by atoms with E-state index in [1.807, 2.05) is 19.9 Å². The fourth-order valence-electron chi connectivity index (χ4n) is 3.24. The predicted octanol–water partition coefficient (Wildman–Crippen LogP) is 3.07. The molecule has 0 aliphatic carbocycles. The van der Waals surface area contributed by atoms with Crippen LogP contribution < -0.4 is 9.62 Å². The Morgan fingerprint density at radius 2 is 2.08 bits per heavy atom. The van der Waals surface area contributed by atoms with Gasteiger partial charge in [-0.1, -0.05) is 19.0 Å². The van der Waals surface area contributed by atoms with Gasteiger partial charge in [0.05, 0.1) is 17.6 Å². The van der Waals surface area contributed by atoms with Crippen molar-refractivity contribution < 1.29 is 17.7 Å². The molecular weight excluding hydrogens is 354 g/mol. The van der Waals surface area contributed by atoms with Crippen molar-refractivity contribution in [3.05, 3.63) is 40.8 Å². The Bertz CT molecular complexity index is 947. The number of nitrogens with one attached hydrogen (secondary N) is 1. The van der Waals surface area contributed by atoms with Crippen LogP contribution in [-0.2, 0) is 16.4 Å². The number of anilines is 2. The molecule has 0 saturated heterocycles. The molecule has 0 bridgehead atoms. The predicted molar refractivity (Wildman–Crippen MR) is 100 cm³/mol. The number of benzene rings is 1. The van der Waals surface area contributed by atoms with Crippen molar-refractivity contribution in [2.45, 2.75) is 39.5 Å². The first-order valence-electron chi connectivity index (χ1n) is 8.56. The van der Waals surface area contributed by atoms with E-state index >= 15 is 0 Å². The highest BCUT2D eigenvalue weighted by molar-refractivity contribution is 7.92. The summed E-state index contributed by atoms with van der Waals surface area (Å²) in [5.74, 6) is 0.327. The molecule has 1 aliphatic rings. The number of hydrogen-bond donors (Lipinski definition) is 1. The molecule has 3 rings (SSSR count). The van der Waals surface area contributed by atoms with E-state index < -0.39 is 10.0 Å². The Kier molecular flexibility index (Phi) is 4.79. The second-order valence-corrected chi connectivity index (χ2v) is 8.81. The lowest BCUT2D eigenvalue weighted by molar-refractivity contribution is 0.102. The van der Waals surface area contributed by atoms with Gasteiger partial charge >= 0.3 is 0 Å². The first kappa shape index (κ1) is 18.4. The van der Waals surface area contributed by atoms with Gasteiger partial charge < -0.3 is 9.84 Å². The van der Waals surface area contributed by atoms with Gasteiger partial charge in [-0.25, -0.2) is 8.42 Å². The van der Waals surface area contributed by atoms with E-state index in [0.29, 0.717) is 34.9 Å². The Morgan fingerprint density at radius 1 is 1.35 bits per heavy atom. The average Bonchev–Trinajstić information content (AvgIpc) is 2.95. The molecule has 0 fully saturated rings. The number of carbonyl (C=O) groups is 1. The Balaban J connectivity index is 1.89. The van der Waals surface area contributed by atoms with Gasteiger partial charge in [-0.3, -0.25) is 9.10 Å². The molecule has 2 aromatic rings. The molecule has 0 unspecified atom stereocenters. The fourth-order valence-corrected chi connectivity index (χ4v) is 4.23. The molecule has 0 spiro atoms. The van der Waals surface area contributed by atoms with E-state index in [-0.39, 0.29) is 11.8 Å². The van der Waals surface area contributed by atoms with Crippen LogP contribution in [0.25, 0.3) is 0 Å². The maximum atomic E-state index is 12.7. The SMILES string of the molecule is Cc1noc(C(C)C)c1C(=O)Nc1ccc2c(c1)CCCN2S(C)(=O)=O. The quantitative estimate of drug-likeness (QED) is 0.884. The highest BCUT2D eigenvalue weighted by Crippen LogP contribution is 2.32. The van der Waals surface area contributed by atoms with Gasteiger partial charge in [-0.15, -0.1) is 0 Å². The van der Waals surface area contributed by atoms with Gasteiger partial charge in [0.25, 0.3) is 5.91 Å². The van der Waals surface area contributed by atoms with Gasteiger partial charge in [0.1, 0.15) is 5.56 Å². The summed E-state index contributed by atoms with van der Waals surface area (Å²) >= 11 is 0. The first-order valence-corrected chi connectivity index (χ1v) is 10.4. The van der Waals surface area contributed by atoms with Crippen LogP contribution in [-0.4, -0.2) is 32.3 Å². The lowest BCUT2D eigenvalue weighted by Crippen LogP contribution is -2.34. The molecule has 1 aromatic carbocycles. The van der Waals surface area contributed by atoms with Crippen LogP contribution in [0.4, 0.5) is 11.4 Å². The molecule has 1 amide bonds. The molecule has 8 heteroatoms. The summed E-state index contributed by atoms with van der Waals surface area (Å²) in [7, 11) is -3.31. The normalized spacial score (nSPS) is 14.4. The van der Waals surface area contributed by atoms with Crippen molar-refractivity contribution in [2.24, 2.45) is 0 Å². The standard InChI is InChI=1S/C18H23N3O4S/c1-11(2)17-16(12(3)20-25-17)18(22)19-14-7-8-15-13(10-14)6-5-9-21(15)26(4,23)24/h7-8,10-11H,5-6,9H2,1-4H3,(H,19,22). The van der Waals surface area contributed by atoms with Crippen molar-refractivity contribution in [2.75, 3.05) is 22.4 Å². The summed E-state index contributed by atoms with van der Waals surface area (Å²) in [6, 6.07) is 5.30. The van der Waals surface area contributed by atoms with E-state index in [0.717, 1.165) is 18.4 Å². The highest BCUT2D eigenvalue weighted by atomic mass is 32.2. The number of aryl methyl sites for hydroxylation is 2. The number of hydrogen-bond acceptors (Lipinski definition) is 5. The van der Waals surface area contributed by atoms with Crippen LogP contribution in [0.2, 0.25) is 0 Å². The third-order valence-corrected chi connectivity index (χ3v) is 5.63. The molecule has 1 aromatic heterocycles. The molecule has 2 heterocycles. The van der Waals surface area contributed by atoms with Gasteiger partial charge in [-0.05, 0) is 43.5 Å². The number of sulfonamides is 1. The second kappa shape index (κ2) is 6.75. The van der Waals surface area contributed by atoms with Crippen molar-refractivity contribution in [3.63, 3.8) is 0 Å². The maximum Gasteiger partial charge on any atom is 0.261 e.